The van der Waals surface area contributed by atoms with E-state index < -0.39 is 0 Å². The van der Waals surface area contributed by atoms with Crippen LogP contribution in [-0.4, -0.2) is 24.0 Å². The van der Waals surface area contributed by atoms with Crippen molar-refractivity contribution in [1.82, 2.24) is 5.01 Å². The van der Waals surface area contributed by atoms with Crippen molar-refractivity contribution in [2.75, 3.05) is 14.1 Å². The minimum atomic E-state index is 0.534. The van der Waals surface area contributed by atoms with Gasteiger partial charge in [-0.2, -0.15) is 5.01 Å². The molecule has 0 aliphatic carbocycles. The van der Waals surface area contributed by atoms with Gasteiger partial charge in [0.15, 0.2) is 5.69 Å². The molecule has 0 atom stereocenters. The van der Waals surface area contributed by atoms with Crippen LogP contribution in [0.15, 0.2) is 35.6 Å². The van der Waals surface area contributed by atoms with Crippen molar-refractivity contribution >= 4 is 5.69 Å². The van der Waals surface area contributed by atoms with Crippen molar-refractivity contribution in [3.63, 3.8) is 0 Å². The molecule has 12 heavy (non-hydrogen) atoms. The molecule has 4 nitrogen and oxygen atoms in total. The van der Waals surface area contributed by atoms with E-state index in [9.17, 15) is 5.21 Å². The van der Waals surface area contributed by atoms with Gasteiger partial charge in [-0.1, -0.05) is 18.2 Å². The number of para-hydroxylation sites is 1. The molecule has 0 spiro atoms. The summed E-state index contributed by atoms with van der Waals surface area (Å²) in [6, 6.07) is 8.86. The van der Waals surface area contributed by atoms with Crippen molar-refractivity contribution in [2.45, 2.75) is 0 Å². The quantitative estimate of drug-likeness (QED) is 0.380. The fourth-order valence-electron chi connectivity index (χ4n) is 0.770. The zero-order chi connectivity index (χ0) is 8.97. The van der Waals surface area contributed by atoms with Crippen molar-refractivity contribution in [2.24, 2.45) is 5.22 Å². The van der Waals surface area contributed by atoms with Crippen molar-refractivity contribution in [3.05, 3.63) is 35.5 Å². The van der Waals surface area contributed by atoms with E-state index in [1.54, 1.807) is 38.4 Å². The first kappa shape index (κ1) is 8.52. The lowest BCUT2D eigenvalue weighted by Gasteiger charge is -2.06. The maximum atomic E-state index is 11.2. The Morgan fingerprint density at radius 3 is 2.33 bits per heavy atom. The van der Waals surface area contributed by atoms with Crippen LogP contribution in [0.2, 0.25) is 0 Å². The summed E-state index contributed by atoms with van der Waals surface area (Å²) in [5.74, 6) is 0. The average molecular weight is 165 g/mol. The SMILES string of the molecule is CN(C)/N=[N+](\[O-])c1ccccc1. The molecule has 0 saturated carbocycles. The van der Waals surface area contributed by atoms with Gasteiger partial charge in [0.2, 0.25) is 0 Å². The van der Waals surface area contributed by atoms with Crippen molar-refractivity contribution in [1.29, 1.82) is 0 Å². The largest absolute Gasteiger partial charge is 0.691 e. The highest BCUT2D eigenvalue weighted by Gasteiger charge is 1.95. The number of nitrogens with zero attached hydrogens (tertiary/aromatic N) is 3. The molecule has 0 unspecified atom stereocenters. The van der Waals surface area contributed by atoms with Crippen LogP contribution >= 0.6 is 0 Å². The molecular formula is C8H11N3O. The van der Waals surface area contributed by atoms with Crippen LogP contribution in [0.25, 0.3) is 0 Å². The summed E-state index contributed by atoms with van der Waals surface area (Å²) >= 11 is 0. The normalized spacial score (nSPS) is 11.3. The van der Waals surface area contributed by atoms with E-state index in [1.807, 2.05) is 6.07 Å². The summed E-state index contributed by atoms with van der Waals surface area (Å²) in [5, 5.41) is 16.3. The number of rotatable bonds is 2. The molecule has 1 aromatic carbocycles. The van der Waals surface area contributed by atoms with Crippen LogP contribution in [0.3, 0.4) is 0 Å². The second-order valence-corrected chi connectivity index (χ2v) is 2.55. The molecule has 0 amide bonds. The van der Waals surface area contributed by atoms with Crippen LogP contribution in [0, 0.1) is 5.21 Å². The third kappa shape index (κ3) is 2.23. The summed E-state index contributed by atoms with van der Waals surface area (Å²) in [5.41, 5.74) is 0.534. The van der Waals surface area contributed by atoms with Gasteiger partial charge in [0.25, 0.3) is 0 Å². The smallest absolute Gasteiger partial charge is 0.154 e. The maximum absolute atomic E-state index is 11.2. The summed E-state index contributed by atoms with van der Waals surface area (Å²) < 4.78 is 0. The van der Waals surface area contributed by atoms with Gasteiger partial charge in [-0.25, -0.2) is 0 Å². The highest BCUT2D eigenvalue weighted by Crippen LogP contribution is 2.09. The minimum absolute atomic E-state index is 0.534. The van der Waals surface area contributed by atoms with E-state index in [4.69, 9.17) is 0 Å². The second kappa shape index (κ2) is 3.71. The average Bonchev–Trinajstić information content (AvgIpc) is 2.05. The molecule has 0 bridgehead atoms. The van der Waals surface area contributed by atoms with Crippen molar-refractivity contribution in [3.8, 4) is 0 Å². The van der Waals surface area contributed by atoms with Gasteiger partial charge in [0.05, 0.1) is 19.3 Å². The predicted octanol–water partition coefficient (Wildman–Crippen LogP) is 1.76. The Kier molecular flexibility index (Phi) is 2.63. The molecule has 0 aromatic heterocycles. The third-order valence-electron chi connectivity index (χ3n) is 1.24. The molecule has 64 valence electrons. The third-order valence-corrected chi connectivity index (χ3v) is 1.24. The Morgan fingerprint density at radius 1 is 1.25 bits per heavy atom. The van der Waals surface area contributed by atoms with Gasteiger partial charge in [-0.3, -0.25) is 0 Å². The molecule has 0 saturated heterocycles. The van der Waals surface area contributed by atoms with Crippen LogP contribution < -0.4 is 0 Å². The van der Waals surface area contributed by atoms with Gasteiger partial charge >= 0.3 is 0 Å². The molecule has 0 N–H and O–H groups in total. The van der Waals surface area contributed by atoms with Gasteiger partial charge in [0, 0.05) is 0 Å². The lowest BCUT2D eigenvalue weighted by molar-refractivity contribution is -0.459. The van der Waals surface area contributed by atoms with Crippen LogP contribution in [0.1, 0.15) is 0 Å². The Bertz CT molecular complexity index is 269. The Morgan fingerprint density at radius 2 is 1.83 bits per heavy atom. The summed E-state index contributed by atoms with van der Waals surface area (Å²) in [6.07, 6.45) is 0. The Balaban J connectivity index is 2.85. The number of benzene rings is 1. The number of hydrogen-bond donors (Lipinski definition) is 0. The first-order valence-electron chi connectivity index (χ1n) is 3.61. The first-order chi connectivity index (χ1) is 5.70. The second-order valence-electron chi connectivity index (χ2n) is 2.55. The van der Waals surface area contributed by atoms with Crippen LogP contribution in [-0.2, 0) is 0 Å². The Hall–Kier alpha value is -1.58. The molecule has 4 heteroatoms. The van der Waals surface area contributed by atoms with E-state index in [0.29, 0.717) is 10.5 Å². The van der Waals surface area contributed by atoms with Crippen LogP contribution in [0.5, 0.6) is 0 Å². The molecule has 0 radical (unpaired) electrons. The topological polar surface area (TPSA) is 41.7 Å². The molecule has 0 aliphatic heterocycles. The highest BCUT2D eigenvalue weighted by atomic mass is 16.5. The van der Waals surface area contributed by atoms with E-state index >= 15 is 0 Å². The summed E-state index contributed by atoms with van der Waals surface area (Å²) in [6.45, 7) is 0. The van der Waals surface area contributed by atoms with Gasteiger partial charge < -0.3 is 5.21 Å². The lowest BCUT2D eigenvalue weighted by atomic mass is 10.3. The zero-order valence-electron chi connectivity index (χ0n) is 7.14. The predicted molar refractivity (Wildman–Crippen MR) is 45.8 cm³/mol. The molecular weight excluding hydrogens is 154 g/mol. The molecule has 0 heterocycles. The lowest BCUT2D eigenvalue weighted by Crippen LogP contribution is -2.06. The molecule has 1 aromatic rings. The standard InChI is InChI=1S/C8H11N3O/c1-10(2)9-11(12)8-6-4-3-5-7-8/h3-7H,1-2H3/b11-9-. The number of hydrogen-bond acceptors (Lipinski definition) is 2. The fourth-order valence-corrected chi connectivity index (χ4v) is 0.770. The van der Waals surface area contributed by atoms with Gasteiger partial charge in [-0.15, -0.1) is 4.86 Å². The van der Waals surface area contributed by atoms with Gasteiger partial charge in [0.1, 0.15) is 0 Å². The van der Waals surface area contributed by atoms with Crippen molar-refractivity contribution < 1.29 is 4.86 Å². The highest BCUT2D eigenvalue weighted by molar-refractivity contribution is 5.27. The summed E-state index contributed by atoms with van der Waals surface area (Å²) in [7, 11) is 3.40. The van der Waals surface area contributed by atoms with E-state index in [0.717, 1.165) is 0 Å². The first-order valence-corrected chi connectivity index (χ1v) is 3.61. The van der Waals surface area contributed by atoms with E-state index in [1.165, 1.54) is 5.01 Å². The monoisotopic (exact) mass is 165 g/mol. The zero-order valence-corrected chi connectivity index (χ0v) is 7.14. The fraction of sp³-hybridized carbons (Fsp3) is 0.250. The van der Waals surface area contributed by atoms with Crippen LogP contribution in [0.4, 0.5) is 5.69 Å². The van der Waals surface area contributed by atoms with E-state index in [2.05, 4.69) is 5.22 Å². The maximum Gasteiger partial charge on any atom is 0.154 e. The molecule has 1 rings (SSSR count). The molecule has 0 fully saturated rings. The van der Waals surface area contributed by atoms with E-state index in [-0.39, 0.29) is 0 Å². The summed E-state index contributed by atoms with van der Waals surface area (Å²) in [4.78, 5) is 0.583. The Labute approximate surface area is 71.3 Å². The molecule has 0 aliphatic rings. The minimum Gasteiger partial charge on any atom is -0.691 e. The van der Waals surface area contributed by atoms with Gasteiger partial charge in [-0.05, 0) is 12.1 Å².